The van der Waals surface area contributed by atoms with Gasteiger partial charge in [0, 0.05) is 56.5 Å². The highest BCUT2D eigenvalue weighted by Gasteiger charge is 2.47. The minimum absolute atomic E-state index is 0.0382. The van der Waals surface area contributed by atoms with Crippen LogP contribution in [-0.2, 0) is 14.3 Å². The average Bonchev–Trinajstić information content (AvgIpc) is 3.16. The lowest BCUT2D eigenvalue weighted by molar-refractivity contribution is -0.175. The molecule has 3 N–H and O–H groups in total. The predicted octanol–water partition coefficient (Wildman–Crippen LogP) is 9.86. The van der Waals surface area contributed by atoms with E-state index < -0.39 is 60.4 Å². The summed E-state index contributed by atoms with van der Waals surface area (Å²) in [4.78, 5) is 28.8. The first-order valence-corrected chi connectivity index (χ1v) is 19.8. The number of allylic oxidation sites excluding steroid dienone is 4. The summed E-state index contributed by atoms with van der Waals surface area (Å²) in [6, 6.07) is 16.0. The van der Waals surface area contributed by atoms with Gasteiger partial charge in [-0.2, -0.15) is 13.2 Å². The average molecular weight is 781 g/mol. The third kappa shape index (κ3) is 9.71. The molecule has 1 aliphatic heterocycles. The Morgan fingerprint density at radius 2 is 1.64 bits per heavy atom. The van der Waals surface area contributed by atoms with Crippen molar-refractivity contribution in [2.24, 2.45) is 23.5 Å². The van der Waals surface area contributed by atoms with E-state index in [0.717, 1.165) is 66.0 Å². The second-order valence-electron chi connectivity index (χ2n) is 16.4. The van der Waals surface area contributed by atoms with Crippen molar-refractivity contribution in [3.63, 3.8) is 0 Å². The minimum Gasteiger partial charge on any atom is -0.401 e. The standard InChI is InChI=1S/C45H53F5N2O4/c1-4-28-13-15-32(16-14-28)33-17-19-52(20-18-33)43(55)40(25-31-23-37(44(3,46)47)42(51)38(24-31)45(48,49)50)56-41(54)26-30-11-9-29(10-12-30)22-36-35-8-6-5-7-34(35)27(2)21-39(36)53/h4-8,13-16,23,29-30,33,36,38,40-41,54H,1-2,9-12,17-22,24-26,51H2,3H3/t29?,30?,36?,38?,40-,41?/m1/s1. The summed E-state index contributed by atoms with van der Waals surface area (Å²) in [7, 11) is 0. The van der Waals surface area contributed by atoms with Crippen LogP contribution in [0.1, 0.15) is 112 Å². The molecule has 1 amide bonds. The number of fused-ring (bicyclic) bond motifs is 1. The summed E-state index contributed by atoms with van der Waals surface area (Å²) in [6.07, 6.45) is -0.169. The number of alkyl halides is 5. The number of halogens is 5. The molecule has 11 heteroatoms. The molecule has 1 heterocycles. The first-order chi connectivity index (χ1) is 26.5. The molecule has 3 aliphatic carbocycles. The van der Waals surface area contributed by atoms with Crippen LogP contribution in [0, 0.1) is 17.8 Å². The van der Waals surface area contributed by atoms with Crippen LogP contribution in [-0.4, -0.2) is 59.3 Å². The van der Waals surface area contributed by atoms with E-state index in [-0.39, 0.29) is 35.5 Å². The first-order valence-electron chi connectivity index (χ1n) is 19.8. The lowest BCUT2D eigenvalue weighted by Gasteiger charge is -2.37. The number of nitrogens with zero attached hydrogens (tertiary/aromatic N) is 1. The third-order valence-corrected chi connectivity index (χ3v) is 12.4. The zero-order valence-electron chi connectivity index (χ0n) is 32.0. The predicted molar refractivity (Wildman–Crippen MR) is 207 cm³/mol. The van der Waals surface area contributed by atoms with Crippen LogP contribution in [0.3, 0.4) is 0 Å². The Morgan fingerprint density at radius 1 is 1.00 bits per heavy atom. The second kappa shape index (κ2) is 17.2. The Morgan fingerprint density at radius 3 is 2.27 bits per heavy atom. The molecule has 1 saturated carbocycles. The Balaban J connectivity index is 1.12. The fraction of sp³-hybridized carbons (Fsp3) is 0.511. The van der Waals surface area contributed by atoms with Crippen molar-refractivity contribution in [2.45, 2.75) is 114 Å². The number of hydrogen-bond donors (Lipinski definition) is 2. The molecule has 1 saturated heterocycles. The van der Waals surface area contributed by atoms with E-state index in [4.69, 9.17) is 10.5 Å². The van der Waals surface area contributed by atoms with Gasteiger partial charge >= 0.3 is 6.18 Å². The number of carbonyl (C=O) groups excluding carboxylic acids is 2. The number of Topliss-reactive ketones (excluding diaryl/α,β-unsaturated/α-hetero) is 1. The summed E-state index contributed by atoms with van der Waals surface area (Å²) in [5, 5.41) is 11.3. The Bertz CT molecular complexity index is 1830. The highest BCUT2D eigenvalue weighted by atomic mass is 19.4. The van der Waals surface area contributed by atoms with Crippen molar-refractivity contribution in [3.8, 4) is 0 Å². The molecule has 4 atom stereocenters. The first kappa shape index (κ1) is 41.5. The largest absolute Gasteiger partial charge is 0.401 e. The highest BCUT2D eigenvalue weighted by molar-refractivity contribution is 5.99. The zero-order chi connectivity index (χ0) is 40.4. The SMILES string of the molecule is C=Cc1ccc(C2CCN(C(=O)[C@@H](CC3=CC(C(C)(F)F)=C(N)C(C(F)(F)F)C3)OC(O)CC3CCC(CC4C(=O)CC(=C)c5ccccc54)CC3)CC2)cc1. The quantitative estimate of drug-likeness (QED) is 0.165. The minimum atomic E-state index is -4.88. The number of aliphatic hydroxyl groups is 1. The zero-order valence-corrected chi connectivity index (χ0v) is 32.0. The number of rotatable bonds is 12. The Labute approximate surface area is 326 Å². The summed E-state index contributed by atoms with van der Waals surface area (Å²) in [6.45, 7) is 9.11. The number of ketones is 1. The normalized spacial score (nSPS) is 25.1. The maximum atomic E-state index is 14.6. The highest BCUT2D eigenvalue weighted by Crippen LogP contribution is 2.45. The molecular weight excluding hydrogens is 727 g/mol. The molecule has 302 valence electrons. The molecule has 56 heavy (non-hydrogen) atoms. The summed E-state index contributed by atoms with van der Waals surface area (Å²) in [5.41, 5.74) is 8.85. The Hall–Kier alpha value is -4.09. The van der Waals surface area contributed by atoms with E-state index in [1.807, 2.05) is 48.5 Å². The van der Waals surface area contributed by atoms with Gasteiger partial charge in [0.05, 0.1) is 5.92 Å². The molecule has 0 radical (unpaired) electrons. The molecule has 2 fully saturated rings. The van der Waals surface area contributed by atoms with Crippen molar-refractivity contribution in [1.82, 2.24) is 4.90 Å². The lowest BCUT2D eigenvalue weighted by Crippen LogP contribution is -2.46. The van der Waals surface area contributed by atoms with Crippen molar-refractivity contribution in [3.05, 3.63) is 107 Å². The van der Waals surface area contributed by atoms with Gasteiger partial charge in [-0.25, -0.2) is 8.78 Å². The smallest absolute Gasteiger partial charge is 0.397 e. The molecule has 3 unspecified atom stereocenters. The molecule has 0 spiro atoms. The number of carbonyl (C=O) groups is 2. The molecule has 6 rings (SSSR count). The van der Waals surface area contributed by atoms with Crippen LogP contribution in [0.5, 0.6) is 0 Å². The monoisotopic (exact) mass is 780 g/mol. The number of aliphatic hydroxyl groups excluding tert-OH is 1. The van der Waals surface area contributed by atoms with Crippen LogP contribution in [0.15, 0.2) is 84.6 Å². The van der Waals surface area contributed by atoms with Gasteiger partial charge in [0.25, 0.3) is 11.8 Å². The number of likely N-dealkylation sites (tertiary alicyclic amines) is 1. The van der Waals surface area contributed by atoms with Crippen molar-refractivity contribution >= 4 is 23.3 Å². The molecular formula is C45H53F5N2O4. The van der Waals surface area contributed by atoms with E-state index >= 15 is 0 Å². The maximum absolute atomic E-state index is 14.6. The Kier molecular flexibility index (Phi) is 12.7. The number of hydrogen-bond acceptors (Lipinski definition) is 5. The molecule has 2 aromatic rings. The number of nitrogens with two attached hydrogens (primary N) is 1. The van der Waals surface area contributed by atoms with Gasteiger partial charge in [-0.15, -0.1) is 0 Å². The molecule has 6 nitrogen and oxygen atoms in total. The molecule has 0 aromatic heterocycles. The lowest BCUT2D eigenvalue weighted by atomic mass is 9.71. The van der Waals surface area contributed by atoms with Gasteiger partial charge in [-0.1, -0.05) is 92.3 Å². The van der Waals surface area contributed by atoms with E-state index in [2.05, 4.69) is 13.2 Å². The van der Waals surface area contributed by atoms with E-state index in [1.54, 1.807) is 11.0 Å². The third-order valence-electron chi connectivity index (χ3n) is 12.4. The van der Waals surface area contributed by atoms with Gasteiger partial charge in [0.15, 0.2) is 6.29 Å². The molecule has 4 aliphatic rings. The van der Waals surface area contributed by atoms with E-state index in [0.29, 0.717) is 45.2 Å². The maximum Gasteiger partial charge on any atom is 0.397 e. The number of benzene rings is 2. The van der Waals surface area contributed by atoms with Gasteiger partial charge in [0.2, 0.25) is 0 Å². The van der Waals surface area contributed by atoms with Gasteiger partial charge in [0.1, 0.15) is 11.9 Å². The fourth-order valence-corrected chi connectivity index (χ4v) is 9.24. The summed E-state index contributed by atoms with van der Waals surface area (Å²) in [5.74, 6) is -5.89. The van der Waals surface area contributed by atoms with E-state index in [9.17, 15) is 36.6 Å². The number of piperidine rings is 1. The topological polar surface area (TPSA) is 92.9 Å². The van der Waals surface area contributed by atoms with Crippen LogP contribution in [0.4, 0.5) is 22.0 Å². The van der Waals surface area contributed by atoms with Crippen LogP contribution >= 0.6 is 0 Å². The molecule has 2 aromatic carbocycles. The van der Waals surface area contributed by atoms with Crippen LogP contribution in [0.25, 0.3) is 11.6 Å². The van der Waals surface area contributed by atoms with Crippen molar-refractivity contribution in [2.75, 3.05) is 13.1 Å². The molecule has 0 bridgehead atoms. The van der Waals surface area contributed by atoms with Crippen molar-refractivity contribution in [1.29, 1.82) is 0 Å². The van der Waals surface area contributed by atoms with Crippen molar-refractivity contribution < 1.29 is 41.4 Å². The number of amides is 1. The van der Waals surface area contributed by atoms with Gasteiger partial charge in [-0.05, 0) is 84.1 Å². The summed E-state index contributed by atoms with van der Waals surface area (Å²) >= 11 is 0. The summed E-state index contributed by atoms with van der Waals surface area (Å²) < 4.78 is 77.6. The van der Waals surface area contributed by atoms with E-state index in [1.165, 1.54) is 0 Å². The second-order valence-corrected chi connectivity index (χ2v) is 16.4. The van der Waals surface area contributed by atoms with Crippen LogP contribution in [0.2, 0.25) is 0 Å². The van der Waals surface area contributed by atoms with Gasteiger partial charge < -0.3 is 20.5 Å². The number of ether oxygens (including phenoxy) is 1. The van der Waals surface area contributed by atoms with Crippen LogP contribution < -0.4 is 5.73 Å². The van der Waals surface area contributed by atoms with Gasteiger partial charge in [-0.3, -0.25) is 9.59 Å². The fourth-order valence-electron chi connectivity index (χ4n) is 9.24.